The molecule has 24 heavy (non-hydrogen) atoms. The second-order valence-corrected chi connectivity index (χ2v) is 6.59. The normalized spacial score (nSPS) is 10.8. The van der Waals surface area contributed by atoms with E-state index in [1.54, 1.807) is 29.4 Å². The van der Waals surface area contributed by atoms with E-state index in [0.717, 1.165) is 15.2 Å². The highest BCUT2D eigenvalue weighted by molar-refractivity contribution is 7.18. The van der Waals surface area contributed by atoms with Gasteiger partial charge in [-0.05, 0) is 29.8 Å². The summed E-state index contributed by atoms with van der Waals surface area (Å²) in [4.78, 5) is 18.5. The number of carbonyl (C=O) groups is 1. The number of methoxy groups -OCH3 is 1. The fourth-order valence-electron chi connectivity index (χ4n) is 2.41. The standard InChI is InChI=1S/C18H17FN2O2S/c1-21(11-17-20-14-5-3-4-6-16(14)24-17)18(22)10-12-7-8-15(23-2)13(19)9-12/h3-9H,10-11H2,1-2H3. The Morgan fingerprint density at radius 2 is 2.08 bits per heavy atom. The Bertz CT molecular complexity index is 845. The lowest BCUT2D eigenvalue weighted by Gasteiger charge is -2.15. The molecular weight excluding hydrogens is 327 g/mol. The molecule has 1 amide bonds. The number of aromatic nitrogens is 1. The van der Waals surface area contributed by atoms with Crippen LogP contribution in [-0.2, 0) is 17.8 Å². The zero-order valence-electron chi connectivity index (χ0n) is 13.5. The van der Waals surface area contributed by atoms with Crippen LogP contribution >= 0.6 is 11.3 Å². The van der Waals surface area contributed by atoms with Crippen LogP contribution in [0.5, 0.6) is 5.75 Å². The fraction of sp³-hybridized carbons (Fsp3) is 0.222. The van der Waals surface area contributed by atoms with Gasteiger partial charge in [0.15, 0.2) is 11.6 Å². The molecule has 0 saturated heterocycles. The number of hydrogen-bond acceptors (Lipinski definition) is 4. The topological polar surface area (TPSA) is 42.4 Å². The van der Waals surface area contributed by atoms with Crippen LogP contribution in [0.4, 0.5) is 4.39 Å². The molecule has 2 aromatic carbocycles. The number of fused-ring (bicyclic) bond motifs is 1. The molecule has 4 nitrogen and oxygen atoms in total. The largest absolute Gasteiger partial charge is 0.494 e. The number of thiazole rings is 1. The summed E-state index contributed by atoms with van der Waals surface area (Å²) in [7, 11) is 3.14. The van der Waals surface area contributed by atoms with Gasteiger partial charge < -0.3 is 9.64 Å². The number of likely N-dealkylation sites (N-methyl/N-ethyl adjacent to an activating group) is 1. The van der Waals surface area contributed by atoms with E-state index in [1.165, 1.54) is 19.2 Å². The number of rotatable bonds is 5. The first-order valence-corrected chi connectivity index (χ1v) is 8.29. The van der Waals surface area contributed by atoms with Crippen molar-refractivity contribution in [2.75, 3.05) is 14.2 Å². The molecule has 0 radical (unpaired) electrons. The van der Waals surface area contributed by atoms with Crippen LogP contribution in [-0.4, -0.2) is 29.9 Å². The molecular formula is C18H17FN2O2S. The number of ether oxygens (including phenoxy) is 1. The van der Waals surface area contributed by atoms with Crippen molar-refractivity contribution in [3.05, 3.63) is 58.9 Å². The Morgan fingerprint density at radius 3 is 2.79 bits per heavy atom. The second-order valence-electron chi connectivity index (χ2n) is 5.47. The fourth-order valence-corrected chi connectivity index (χ4v) is 3.43. The molecule has 0 saturated carbocycles. The van der Waals surface area contributed by atoms with Crippen molar-refractivity contribution in [1.82, 2.24) is 9.88 Å². The molecule has 6 heteroatoms. The van der Waals surface area contributed by atoms with Crippen molar-refractivity contribution >= 4 is 27.5 Å². The maximum atomic E-state index is 13.7. The van der Waals surface area contributed by atoms with Gasteiger partial charge in [-0.2, -0.15) is 0 Å². The summed E-state index contributed by atoms with van der Waals surface area (Å²) in [6, 6.07) is 12.4. The highest BCUT2D eigenvalue weighted by Gasteiger charge is 2.14. The van der Waals surface area contributed by atoms with E-state index in [0.29, 0.717) is 12.1 Å². The number of carbonyl (C=O) groups excluding carboxylic acids is 1. The third-order valence-electron chi connectivity index (χ3n) is 3.71. The summed E-state index contributed by atoms with van der Waals surface area (Å²) in [6.07, 6.45) is 0.141. The van der Waals surface area contributed by atoms with Crippen LogP contribution < -0.4 is 4.74 Å². The van der Waals surface area contributed by atoms with Gasteiger partial charge in [-0.3, -0.25) is 4.79 Å². The van der Waals surface area contributed by atoms with Crippen LogP contribution in [0.1, 0.15) is 10.6 Å². The molecule has 124 valence electrons. The van der Waals surface area contributed by atoms with Crippen molar-refractivity contribution in [3.63, 3.8) is 0 Å². The third-order valence-corrected chi connectivity index (χ3v) is 4.73. The Labute approximate surface area is 143 Å². The van der Waals surface area contributed by atoms with Gasteiger partial charge in [0, 0.05) is 7.05 Å². The molecule has 0 spiro atoms. The smallest absolute Gasteiger partial charge is 0.227 e. The van der Waals surface area contributed by atoms with Gasteiger partial charge in [0.2, 0.25) is 5.91 Å². The van der Waals surface area contributed by atoms with E-state index in [1.807, 2.05) is 24.3 Å². The monoisotopic (exact) mass is 344 g/mol. The summed E-state index contributed by atoms with van der Waals surface area (Å²) in [6.45, 7) is 0.441. The van der Waals surface area contributed by atoms with E-state index >= 15 is 0 Å². The van der Waals surface area contributed by atoms with Gasteiger partial charge in [-0.25, -0.2) is 9.37 Å². The van der Waals surface area contributed by atoms with Gasteiger partial charge in [0.05, 0.1) is 30.3 Å². The van der Waals surface area contributed by atoms with E-state index in [9.17, 15) is 9.18 Å². The van der Waals surface area contributed by atoms with Crippen molar-refractivity contribution in [2.24, 2.45) is 0 Å². The third kappa shape index (κ3) is 3.54. The first-order valence-electron chi connectivity index (χ1n) is 7.47. The molecule has 0 aliphatic rings. The number of halogens is 1. The Balaban J connectivity index is 1.67. The number of benzene rings is 2. The van der Waals surface area contributed by atoms with Gasteiger partial charge in [-0.15, -0.1) is 11.3 Å². The average Bonchev–Trinajstić information content (AvgIpc) is 2.97. The highest BCUT2D eigenvalue weighted by atomic mass is 32.1. The molecule has 0 bridgehead atoms. The Kier molecular flexibility index (Phi) is 4.76. The lowest BCUT2D eigenvalue weighted by molar-refractivity contribution is -0.129. The lowest BCUT2D eigenvalue weighted by Crippen LogP contribution is -2.27. The first-order chi connectivity index (χ1) is 11.6. The predicted molar refractivity (Wildman–Crippen MR) is 92.8 cm³/mol. The summed E-state index contributed by atoms with van der Waals surface area (Å²) < 4.78 is 19.7. The summed E-state index contributed by atoms with van der Waals surface area (Å²) >= 11 is 1.58. The molecule has 0 unspecified atom stereocenters. The predicted octanol–water partition coefficient (Wildman–Crippen LogP) is 3.65. The molecule has 0 fully saturated rings. The number of amides is 1. The van der Waals surface area contributed by atoms with Crippen LogP contribution in [0.25, 0.3) is 10.2 Å². The minimum absolute atomic E-state index is 0.0844. The van der Waals surface area contributed by atoms with Gasteiger partial charge in [-0.1, -0.05) is 18.2 Å². The van der Waals surface area contributed by atoms with Gasteiger partial charge in [0.1, 0.15) is 5.01 Å². The minimum Gasteiger partial charge on any atom is -0.494 e. The summed E-state index contributed by atoms with van der Waals surface area (Å²) in [5.74, 6) is -0.371. The summed E-state index contributed by atoms with van der Waals surface area (Å²) in [5.41, 5.74) is 1.56. The van der Waals surface area contributed by atoms with Gasteiger partial charge in [0.25, 0.3) is 0 Å². The molecule has 0 N–H and O–H groups in total. The van der Waals surface area contributed by atoms with Crippen molar-refractivity contribution in [3.8, 4) is 5.75 Å². The maximum Gasteiger partial charge on any atom is 0.227 e. The highest BCUT2D eigenvalue weighted by Crippen LogP contribution is 2.23. The number of para-hydroxylation sites is 1. The molecule has 1 aromatic heterocycles. The van der Waals surface area contributed by atoms with Crippen LogP contribution in [0.15, 0.2) is 42.5 Å². The zero-order chi connectivity index (χ0) is 17.1. The molecule has 3 aromatic rings. The van der Waals surface area contributed by atoms with Crippen molar-refractivity contribution in [1.29, 1.82) is 0 Å². The second kappa shape index (κ2) is 6.97. The van der Waals surface area contributed by atoms with E-state index in [-0.39, 0.29) is 18.1 Å². The van der Waals surface area contributed by atoms with E-state index < -0.39 is 5.82 Å². The SMILES string of the molecule is COc1ccc(CC(=O)N(C)Cc2nc3ccccc3s2)cc1F. The van der Waals surface area contributed by atoms with Gasteiger partial charge >= 0.3 is 0 Å². The quantitative estimate of drug-likeness (QED) is 0.710. The van der Waals surface area contributed by atoms with E-state index in [2.05, 4.69) is 4.98 Å². The molecule has 3 rings (SSSR count). The lowest BCUT2D eigenvalue weighted by atomic mass is 10.1. The van der Waals surface area contributed by atoms with Crippen molar-refractivity contribution < 1.29 is 13.9 Å². The van der Waals surface area contributed by atoms with Crippen molar-refractivity contribution in [2.45, 2.75) is 13.0 Å². The van der Waals surface area contributed by atoms with Crippen LogP contribution in [0, 0.1) is 5.82 Å². The van der Waals surface area contributed by atoms with Crippen LogP contribution in [0.3, 0.4) is 0 Å². The first kappa shape index (κ1) is 16.4. The molecule has 0 atom stereocenters. The van der Waals surface area contributed by atoms with E-state index in [4.69, 9.17) is 4.74 Å². The summed E-state index contributed by atoms with van der Waals surface area (Å²) in [5, 5.41) is 0.882. The van der Waals surface area contributed by atoms with Crippen LogP contribution in [0.2, 0.25) is 0 Å². The number of nitrogens with zero attached hydrogens (tertiary/aromatic N) is 2. The average molecular weight is 344 g/mol. The minimum atomic E-state index is -0.461. The Hall–Kier alpha value is -2.47. The number of hydrogen-bond donors (Lipinski definition) is 0. The molecule has 0 aliphatic carbocycles. The molecule has 0 aliphatic heterocycles. The maximum absolute atomic E-state index is 13.7. The molecule has 1 heterocycles. The Morgan fingerprint density at radius 1 is 1.29 bits per heavy atom. The zero-order valence-corrected chi connectivity index (χ0v) is 14.3.